The van der Waals surface area contributed by atoms with Gasteiger partial charge in [0.2, 0.25) is 0 Å². The summed E-state index contributed by atoms with van der Waals surface area (Å²) in [5.74, 6) is 1.39. The summed E-state index contributed by atoms with van der Waals surface area (Å²) in [5.41, 5.74) is 8.60. The molecule has 0 bridgehead atoms. The van der Waals surface area contributed by atoms with Crippen LogP contribution in [-0.4, -0.2) is 33.7 Å². The van der Waals surface area contributed by atoms with E-state index in [0.29, 0.717) is 18.4 Å². The van der Waals surface area contributed by atoms with Crippen LogP contribution >= 0.6 is 0 Å². The SMILES string of the molecule is COc1ccc(C)cc1C(CN)C1CCC(OC)(OC)CC1. The second kappa shape index (κ2) is 7.44. The van der Waals surface area contributed by atoms with E-state index in [2.05, 4.69) is 19.1 Å². The molecule has 4 nitrogen and oxygen atoms in total. The largest absolute Gasteiger partial charge is 0.496 e. The standard InChI is InChI=1S/C18H29NO3/c1-13-5-6-17(20-2)15(11-13)16(12-19)14-7-9-18(21-3,22-4)10-8-14/h5-6,11,14,16H,7-10,12,19H2,1-4H3. The Morgan fingerprint density at radius 2 is 1.82 bits per heavy atom. The lowest BCUT2D eigenvalue weighted by atomic mass is 9.74. The fourth-order valence-corrected chi connectivity index (χ4v) is 3.69. The first-order chi connectivity index (χ1) is 10.6. The van der Waals surface area contributed by atoms with Gasteiger partial charge in [-0.25, -0.2) is 0 Å². The monoisotopic (exact) mass is 307 g/mol. The molecule has 1 aromatic rings. The first kappa shape index (κ1) is 17.3. The van der Waals surface area contributed by atoms with Gasteiger partial charge in [-0.2, -0.15) is 0 Å². The predicted molar refractivity (Wildman–Crippen MR) is 88.2 cm³/mol. The summed E-state index contributed by atoms with van der Waals surface area (Å²) in [6.45, 7) is 2.75. The molecular weight excluding hydrogens is 278 g/mol. The van der Waals surface area contributed by atoms with E-state index in [1.54, 1.807) is 21.3 Å². The van der Waals surface area contributed by atoms with Gasteiger partial charge in [-0.3, -0.25) is 0 Å². The third-order valence-corrected chi connectivity index (χ3v) is 5.14. The summed E-state index contributed by atoms with van der Waals surface area (Å²) in [5, 5.41) is 0. The average Bonchev–Trinajstić information content (AvgIpc) is 2.56. The van der Waals surface area contributed by atoms with Crippen LogP contribution in [0.5, 0.6) is 5.75 Å². The summed E-state index contributed by atoms with van der Waals surface area (Å²) in [7, 11) is 5.19. The Morgan fingerprint density at radius 1 is 1.18 bits per heavy atom. The Hall–Kier alpha value is -1.10. The van der Waals surface area contributed by atoms with E-state index in [4.69, 9.17) is 19.9 Å². The predicted octanol–water partition coefficient (Wildman–Crippen LogP) is 3.23. The van der Waals surface area contributed by atoms with Crippen molar-refractivity contribution in [1.82, 2.24) is 0 Å². The highest BCUT2D eigenvalue weighted by molar-refractivity contribution is 5.40. The van der Waals surface area contributed by atoms with Gasteiger partial charge in [0.15, 0.2) is 5.79 Å². The molecule has 1 aliphatic rings. The summed E-state index contributed by atoms with van der Waals surface area (Å²) < 4.78 is 16.7. The number of methoxy groups -OCH3 is 3. The molecule has 1 saturated carbocycles. The highest BCUT2D eigenvalue weighted by Crippen LogP contribution is 2.43. The Kier molecular flexibility index (Phi) is 5.84. The van der Waals surface area contributed by atoms with Gasteiger partial charge in [0.25, 0.3) is 0 Å². The maximum atomic E-state index is 6.12. The summed E-state index contributed by atoms with van der Waals surface area (Å²) >= 11 is 0. The van der Waals surface area contributed by atoms with Crippen molar-refractivity contribution in [2.24, 2.45) is 11.7 Å². The molecule has 22 heavy (non-hydrogen) atoms. The van der Waals surface area contributed by atoms with Gasteiger partial charge in [0.05, 0.1) is 7.11 Å². The molecule has 124 valence electrons. The van der Waals surface area contributed by atoms with Gasteiger partial charge in [0.1, 0.15) is 5.75 Å². The molecule has 0 radical (unpaired) electrons. The second-order valence-corrected chi connectivity index (χ2v) is 6.24. The molecule has 1 aromatic carbocycles. The number of ether oxygens (including phenoxy) is 3. The van der Waals surface area contributed by atoms with Crippen LogP contribution in [0, 0.1) is 12.8 Å². The zero-order valence-electron chi connectivity index (χ0n) is 14.2. The average molecular weight is 307 g/mol. The van der Waals surface area contributed by atoms with E-state index < -0.39 is 5.79 Å². The van der Waals surface area contributed by atoms with Crippen LogP contribution in [0.4, 0.5) is 0 Å². The molecule has 1 atom stereocenters. The minimum Gasteiger partial charge on any atom is -0.496 e. The van der Waals surface area contributed by atoms with Crippen molar-refractivity contribution >= 4 is 0 Å². The van der Waals surface area contributed by atoms with Gasteiger partial charge >= 0.3 is 0 Å². The molecule has 2 rings (SSSR count). The first-order valence-electron chi connectivity index (χ1n) is 8.04. The molecule has 2 N–H and O–H groups in total. The molecule has 1 unspecified atom stereocenters. The number of aryl methyl sites for hydroxylation is 1. The topological polar surface area (TPSA) is 53.7 Å². The van der Waals surface area contributed by atoms with E-state index in [9.17, 15) is 0 Å². The molecular formula is C18H29NO3. The van der Waals surface area contributed by atoms with E-state index in [1.165, 1.54) is 11.1 Å². The Bertz CT molecular complexity index is 475. The van der Waals surface area contributed by atoms with Crippen LogP contribution in [0.3, 0.4) is 0 Å². The van der Waals surface area contributed by atoms with Crippen molar-refractivity contribution < 1.29 is 14.2 Å². The molecule has 4 heteroatoms. The van der Waals surface area contributed by atoms with Gasteiger partial charge < -0.3 is 19.9 Å². The van der Waals surface area contributed by atoms with E-state index in [1.807, 2.05) is 6.07 Å². The van der Waals surface area contributed by atoms with Crippen molar-refractivity contribution in [3.8, 4) is 5.75 Å². The van der Waals surface area contributed by atoms with Gasteiger partial charge in [-0.1, -0.05) is 17.7 Å². The van der Waals surface area contributed by atoms with Crippen LogP contribution in [0.15, 0.2) is 18.2 Å². The van der Waals surface area contributed by atoms with E-state index in [0.717, 1.165) is 31.4 Å². The van der Waals surface area contributed by atoms with Crippen molar-refractivity contribution in [2.75, 3.05) is 27.9 Å². The number of nitrogens with two attached hydrogens (primary N) is 1. The van der Waals surface area contributed by atoms with Crippen molar-refractivity contribution in [3.05, 3.63) is 29.3 Å². The number of hydrogen-bond donors (Lipinski definition) is 1. The van der Waals surface area contributed by atoms with Crippen molar-refractivity contribution in [1.29, 1.82) is 0 Å². The highest BCUT2D eigenvalue weighted by atomic mass is 16.7. The molecule has 0 heterocycles. The maximum absolute atomic E-state index is 6.12. The fourth-order valence-electron chi connectivity index (χ4n) is 3.69. The zero-order valence-corrected chi connectivity index (χ0v) is 14.2. The van der Waals surface area contributed by atoms with E-state index >= 15 is 0 Å². The lowest BCUT2D eigenvalue weighted by Crippen LogP contribution is -2.40. The zero-order chi connectivity index (χ0) is 16.2. The molecule has 0 spiro atoms. The van der Waals surface area contributed by atoms with Crippen LogP contribution in [0.1, 0.15) is 42.7 Å². The quantitative estimate of drug-likeness (QED) is 0.820. The first-order valence-corrected chi connectivity index (χ1v) is 8.04. The number of benzene rings is 1. The second-order valence-electron chi connectivity index (χ2n) is 6.24. The molecule has 0 aliphatic heterocycles. The smallest absolute Gasteiger partial charge is 0.167 e. The van der Waals surface area contributed by atoms with Crippen LogP contribution in [-0.2, 0) is 9.47 Å². The van der Waals surface area contributed by atoms with Gasteiger partial charge in [0, 0.05) is 33.0 Å². The summed E-state index contributed by atoms with van der Waals surface area (Å²) in [6.07, 6.45) is 3.94. The Labute approximate surface area is 133 Å². The summed E-state index contributed by atoms with van der Waals surface area (Å²) in [6, 6.07) is 6.34. The minimum atomic E-state index is -0.410. The van der Waals surface area contributed by atoms with Crippen LogP contribution in [0.25, 0.3) is 0 Å². The number of hydrogen-bond acceptors (Lipinski definition) is 4. The third-order valence-electron chi connectivity index (χ3n) is 5.14. The minimum absolute atomic E-state index is 0.321. The maximum Gasteiger partial charge on any atom is 0.167 e. The molecule has 0 amide bonds. The Morgan fingerprint density at radius 3 is 2.32 bits per heavy atom. The number of rotatable bonds is 6. The van der Waals surface area contributed by atoms with E-state index in [-0.39, 0.29) is 0 Å². The summed E-state index contributed by atoms with van der Waals surface area (Å²) in [4.78, 5) is 0. The fraction of sp³-hybridized carbons (Fsp3) is 0.667. The lowest BCUT2D eigenvalue weighted by molar-refractivity contribution is -0.228. The molecule has 1 fully saturated rings. The van der Waals surface area contributed by atoms with Crippen LogP contribution < -0.4 is 10.5 Å². The normalized spacial score (nSPS) is 19.9. The van der Waals surface area contributed by atoms with Crippen molar-refractivity contribution in [3.63, 3.8) is 0 Å². The lowest BCUT2D eigenvalue weighted by Gasteiger charge is -2.40. The molecule has 1 aliphatic carbocycles. The Balaban J connectivity index is 2.18. The van der Waals surface area contributed by atoms with Crippen LogP contribution in [0.2, 0.25) is 0 Å². The molecule has 0 saturated heterocycles. The highest BCUT2D eigenvalue weighted by Gasteiger charge is 2.38. The van der Waals surface area contributed by atoms with Gasteiger partial charge in [-0.15, -0.1) is 0 Å². The molecule has 0 aromatic heterocycles. The van der Waals surface area contributed by atoms with Crippen molar-refractivity contribution in [2.45, 2.75) is 44.3 Å². The van der Waals surface area contributed by atoms with Gasteiger partial charge in [-0.05, 0) is 43.9 Å². The third kappa shape index (κ3) is 3.45.